The van der Waals surface area contributed by atoms with Gasteiger partial charge in [0.15, 0.2) is 0 Å². The zero-order valence-corrected chi connectivity index (χ0v) is 8.56. The maximum absolute atomic E-state index is 12.5. The Labute approximate surface area is 90.4 Å². The number of rotatable bonds is 2. The minimum Gasteiger partial charge on any atom is -0.325 e. The number of carbonyl (C=O) groups is 1. The molecule has 88 valence electrons. The van der Waals surface area contributed by atoms with Crippen LogP contribution in [0.2, 0.25) is 0 Å². The van der Waals surface area contributed by atoms with Crippen molar-refractivity contribution in [2.45, 2.75) is 13.1 Å². The van der Waals surface area contributed by atoms with E-state index in [1.165, 1.54) is 19.1 Å². The second kappa shape index (κ2) is 4.52. The standard InChI is InChI=1S/C10H11F3N2O/c1-6-2-3-7(15-9(16)5-14)4-8(6)10(11,12)13/h2-4H,5,14H2,1H3,(H,15,16). The van der Waals surface area contributed by atoms with E-state index in [0.29, 0.717) is 0 Å². The molecule has 1 aromatic rings. The highest BCUT2D eigenvalue weighted by molar-refractivity contribution is 5.92. The molecule has 0 aliphatic heterocycles. The topological polar surface area (TPSA) is 55.1 Å². The summed E-state index contributed by atoms with van der Waals surface area (Å²) in [5.74, 6) is -0.531. The number of alkyl halides is 3. The van der Waals surface area contributed by atoms with Crippen molar-refractivity contribution in [3.63, 3.8) is 0 Å². The first-order valence-corrected chi connectivity index (χ1v) is 4.52. The Bertz CT molecular complexity index is 402. The van der Waals surface area contributed by atoms with Gasteiger partial charge >= 0.3 is 6.18 Å². The maximum atomic E-state index is 12.5. The van der Waals surface area contributed by atoms with Gasteiger partial charge in [0.25, 0.3) is 0 Å². The fourth-order valence-corrected chi connectivity index (χ4v) is 1.22. The van der Waals surface area contributed by atoms with E-state index in [0.717, 1.165) is 6.07 Å². The van der Waals surface area contributed by atoms with Gasteiger partial charge in [0, 0.05) is 5.69 Å². The highest BCUT2D eigenvalue weighted by Crippen LogP contribution is 2.33. The SMILES string of the molecule is Cc1ccc(NC(=O)CN)cc1C(F)(F)F. The number of amides is 1. The Morgan fingerprint density at radius 2 is 2.06 bits per heavy atom. The van der Waals surface area contributed by atoms with Gasteiger partial charge < -0.3 is 11.1 Å². The van der Waals surface area contributed by atoms with Gasteiger partial charge in [0.1, 0.15) is 0 Å². The third kappa shape index (κ3) is 2.96. The van der Waals surface area contributed by atoms with Gasteiger partial charge in [0.2, 0.25) is 5.91 Å². The van der Waals surface area contributed by atoms with Gasteiger partial charge in [-0.05, 0) is 24.6 Å². The van der Waals surface area contributed by atoms with E-state index in [1.54, 1.807) is 0 Å². The first-order valence-electron chi connectivity index (χ1n) is 4.52. The summed E-state index contributed by atoms with van der Waals surface area (Å²) < 4.78 is 37.5. The van der Waals surface area contributed by atoms with Gasteiger partial charge in [0.05, 0.1) is 12.1 Å². The molecule has 16 heavy (non-hydrogen) atoms. The van der Waals surface area contributed by atoms with Crippen LogP contribution < -0.4 is 11.1 Å². The second-order valence-corrected chi connectivity index (χ2v) is 3.28. The monoisotopic (exact) mass is 232 g/mol. The smallest absolute Gasteiger partial charge is 0.325 e. The normalized spacial score (nSPS) is 11.3. The van der Waals surface area contributed by atoms with Crippen LogP contribution in [-0.4, -0.2) is 12.5 Å². The largest absolute Gasteiger partial charge is 0.416 e. The van der Waals surface area contributed by atoms with E-state index in [9.17, 15) is 18.0 Å². The number of nitrogens with one attached hydrogen (secondary N) is 1. The zero-order chi connectivity index (χ0) is 12.3. The minimum atomic E-state index is -4.42. The molecular weight excluding hydrogens is 221 g/mol. The predicted octanol–water partition coefficient (Wildman–Crippen LogP) is 1.91. The van der Waals surface area contributed by atoms with Crippen LogP contribution in [0.4, 0.5) is 18.9 Å². The summed E-state index contributed by atoms with van der Waals surface area (Å²) >= 11 is 0. The van der Waals surface area contributed by atoms with Crippen LogP contribution in [0.25, 0.3) is 0 Å². The van der Waals surface area contributed by atoms with Crippen LogP contribution in [0.3, 0.4) is 0 Å². The number of halogens is 3. The fourth-order valence-electron chi connectivity index (χ4n) is 1.22. The highest BCUT2D eigenvalue weighted by atomic mass is 19.4. The van der Waals surface area contributed by atoms with E-state index in [2.05, 4.69) is 5.32 Å². The number of hydrogen-bond donors (Lipinski definition) is 2. The lowest BCUT2D eigenvalue weighted by Gasteiger charge is -2.12. The van der Waals surface area contributed by atoms with Crippen LogP contribution in [-0.2, 0) is 11.0 Å². The highest BCUT2D eigenvalue weighted by Gasteiger charge is 2.32. The van der Waals surface area contributed by atoms with E-state index >= 15 is 0 Å². The van der Waals surface area contributed by atoms with Crippen molar-refractivity contribution in [3.05, 3.63) is 29.3 Å². The van der Waals surface area contributed by atoms with Crippen LogP contribution in [0.15, 0.2) is 18.2 Å². The molecule has 0 saturated heterocycles. The molecule has 0 fully saturated rings. The molecule has 1 aromatic carbocycles. The van der Waals surface area contributed by atoms with E-state index in [4.69, 9.17) is 5.73 Å². The van der Waals surface area contributed by atoms with Gasteiger partial charge in [-0.1, -0.05) is 6.07 Å². The van der Waals surface area contributed by atoms with Crippen LogP contribution in [0.5, 0.6) is 0 Å². The van der Waals surface area contributed by atoms with Gasteiger partial charge in [-0.2, -0.15) is 13.2 Å². The van der Waals surface area contributed by atoms with Crippen molar-refractivity contribution < 1.29 is 18.0 Å². The Balaban J connectivity index is 3.03. The van der Waals surface area contributed by atoms with E-state index in [-0.39, 0.29) is 17.8 Å². The molecule has 0 heterocycles. The molecule has 0 aromatic heterocycles. The lowest BCUT2D eigenvalue weighted by atomic mass is 10.1. The lowest BCUT2D eigenvalue weighted by molar-refractivity contribution is -0.138. The molecule has 1 amide bonds. The first-order chi connectivity index (χ1) is 7.34. The molecule has 0 saturated carbocycles. The molecule has 0 spiro atoms. The molecule has 3 nitrogen and oxygen atoms in total. The summed E-state index contributed by atoms with van der Waals surface area (Å²) in [6.07, 6.45) is -4.42. The summed E-state index contributed by atoms with van der Waals surface area (Å²) in [4.78, 5) is 10.9. The summed E-state index contributed by atoms with van der Waals surface area (Å²) in [5.41, 5.74) is 4.48. The van der Waals surface area contributed by atoms with Crippen LogP contribution in [0, 0.1) is 6.92 Å². The molecular formula is C10H11F3N2O. The van der Waals surface area contributed by atoms with Crippen LogP contribution in [0.1, 0.15) is 11.1 Å². The Kier molecular flexibility index (Phi) is 3.54. The third-order valence-corrected chi connectivity index (χ3v) is 2.01. The average Bonchev–Trinajstić information content (AvgIpc) is 2.19. The second-order valence-electron chi connectivity index (χ2n) is 3.28. The molecule has 0 aliphatic rings. The number of carbonyl (C=O) groups excluding carboxylic acids is 1. The molecule has 0 atom stereocenters. The number of hydrogen-bond acceptors (Lipinski definition) is 2. The average molecular weight is 232 g/mol. The lowest BCUT2D eigenvalue weighted by Crippen LogP contribution is -2.22. The molecule has 0 aliphatic carbocycles. The van der Waals surface area contributed by atoms with E-state index < -0.39 is 17.6 Å². The zero-order valence-electron chi connectivity index (χ0n) is 8.56. The van der Waals surface area contributed by atoms with Crippen molar-refractivity contribution in [1.29, 1.82) is 0 Å². The number of aryl methyl sites for hydroxylation is 1. The van der Waals surface area contributed by atoms with Crippen molar-refractivity contribution in [2.75, 3.05) is 11.9 Å². The molecule has 1 rings (SSSR count). The predicted molar refractivity (Wildman–Crippen MR) is 53.9 cm³/mol. The minimum absolute atomic E-state index is 0.0911. The van der Waals surface area contributed by atoms with Gasteiger partial charge in [-0.15, -0.1) is 0 Å². The molecule has 0 unspecified atom stereocenters. The molecule has 0 radical (unpaired) electrons. The Morgan fingerprint density at radius 3 is 2.56 bits per heavy atom. The van der Waals surface area contributed by atoms with Crippen molar-refractivity contribution in [2.24, 2.45) is 5.73 Å². The van der Waals surface area contributed by atoms with E-state index in [1.807, 2.05) is 0 Å². The Hall–Kier alpha value is -1.56. The summed E-state index contributed by atoms with van der Waals surface area (Å²) in [6, 6.07) is 3.59. The van der Waals surface area contributed by atoms with Gasteiger partial charge in [-0.3, -0.25) is 4.79 Å². The molecule has 6 heteroatoms. The summed E-state index contributed by atoms with van der Waals surface area (Å²) in [7, 11) is 0. The maximum Gasteiger partial charge on any atom is 0.416 e. The van der Waals surface area contributed by atoms with Gasteiger partial charge in [-0.25, -0.2) is 0 Å². The number of anilines is 1. The number of benzene rings is 1. The summed E-state index contributed by atoms with van der Waals surface area (Å²) in [6.45, 7) is 1.09. The third-order valence-electron chi connectivity index (χ3n) is 2.01. The van der Waals surface area contributed by atoms with Crippen molar-refractivity contribution >= 4 is 11.6 Å². The fraction of sp³-hybridized carbons (Fsp3) is 0.300. The number of nitrogens with two attached hydrogens (primary N) is 1. The molecule has 3 N–H and O–H groups in total. The van der Waals surface area contributed by atoms with Crippen LogP contribution >= 0.6 is 0 Å². The molecule has 0 bridgehead atoms. The quantitative estimate of drug-likeness (QED) is 0.818. The summed E-state index contributed by atoms with van der Waals surface area (Å²) in [5, 5.41) is 2.27. The first kappa shape index (κ1) is 12.5. The van der Waals surface area contributed by atoms with Crippen molar-refractivity contribution in [1.82, 2.24) is 0 Å². The van der Waals surface area contributed by atoms with Crippen molar-refractivity contribution in [3.8, 4) is 0 Å². The Morgan fingerprint density at radius 1 is 1.44 bits per heavy atom.